The van der Waals surface area contributed by atoms with E-state index in [0.717, 1.165) is 69.5 Å². The van der Waals surface area contributed by atoms with Gasteiger partial charge in [0.05, 0.1) is 15.7 Å². The van der Waals surface area contributed by atoms with E-state index in [1.165, 1.54) is 4.40 Å². The molecule has 11 nitrogen and oxygen atoms in total. The monoisotopic (exact) mass is 748 g/mol. The Morgan fingerprint density at radius 2 is 1.42 bits per heavy atom. The average molecular weight is 750 g/mol. The number of aryl methyl sites for hydroxylation is 1. The minimum Gasteiger partial charge on any atom is -0.352 e. The van der Waals surface area contributed by atoms with Crippen LogP contribution >= 0.6 is 23.2 Å². The third kappa shape index (κ3) is 7.05. The van der Waals surface area contributed by atoms with Gasteiger partial charge in [0.25, 0.3) is 5.56 Å². The van der Waals surface area contributed by atoms with Gasteiger partial charge >= 0.3 is 0 Å². The van der Waals surface area contributed by atoms with Crippen LogP contribution in [-0.4, -0.2) is 55.9 Å². The van der Waals surface area contributed by atoms with E-state index in [2.05, 4.69) is 38.5 Å². The van der Waals surface area contributed by atoms with Crippen molar-refractivity contribution < 1.29 is 9.59 Å². The summed E-state index contributed by atoms with van der Waals surface area (Å²) in [5.41, 5.74) is 7.55. The van der Waals surface area contributed by atoms with Crippen LogP contribution in [0.2, 0.25) is 10.0 Å². The molecule has 4 aromatic heterocycles. The van der Waals surface area contributed by atoms with Crippen LogP contribution < -0.4 is 26.8 Å². The number of pyridine rings is 2. The Morgan fingerprint density at radius 1 is 0.792 bits per heavy atom. The first-order chi connectivity index (χ1) is 25.7. The summed E-state index contributed by atoms with van der Waals surface area (Å²) in [4.78, 5) is 45.9. The summed E-state index contributed by atoms with van der Waals surface area (Å²) in [6.07, 6.45) is 8.18. The lowest BCUT2D eigenvalue weighted by Gasteiger charge is -2.14. The second-order valence-electron chi connectivity index (χ2n) is 13.8. The number of hydrogen-bond acceptors (Lipinski definition) is 7. The highest BCUT2D eigenvalue weighted by Gasteiger charge is 2.22. The highest BCUT2D eigenvalue weighted by atomic mass is 35.5. The molecule has 2 fully saturated rings. The van der Waals surface area contributed by atoms with Gasteiger partial charge in [-0.15, -0.1) is 0 Å². The van der Waals surface area contributed by atoms with Gasteiger partial charge in [0.2, 0.25) is 11.8 Å². The lowest BCUT2D eigenvalue weighted by Crippen LogP contribution is -2.36. The number of halogens is 2. The topological polar surface area (TPSA) is 134 Å². The number of amides is 2. The number of aromatic nitrogens is 4. The lowest BCUT2D eigenvalue weighted by molar-refractivity contribution is -0.120. The first kappa shape index (κ1) is 35.0. The zero-order valence-corrected chi connectivity index (χ0v) is 30.6. The molecule has 2 aromatic carbocycles. The molecule has 2 saturated heterocycles. The van der Waals surface area contributed by atoms with Crippen molar-refractivity contribution in [1.82, 2.24) is 40.2 Å². The molecule has 0 radical (unpaired) electrons. The van der Waals surface area contributed by atoms with E-state index < -0.39 is 0 Å². The molecular weight excluding hydrogens is 711 g/mol. The Morgan fingerprint density at radius 3 is 2.08 bits per heavy atom. The van der Waals surface area contributed by atoms with Crippen LogP contribution in [-0.2, 0) is 29.7 Å². The fourth-order valence-electron chi connectivity index (χ4n) is 7.35. The number of nitrogens with zero attached hydrogens (tertiary/aromatic N) is 4. The quantitative estimate of drug-likeness (QED) is 0.135. The molecule has 13 heteroatoms. The van der Waals surface area contributed by atoms with Crippen LogP contribution in [0.4, 0.5) is 0 Å². The first-order valence-electron chi connectivity index (χ1n) is 17.8. The molecule has 0 spiro atoms. The normalized spacial score (nSPS) is 17.2. The van der Waals surface area contributed by atoms with E-state index in [1.807, 2.05) is 66.2 Å². The number of hydrogen-bond donors (Lipinski definition) is 4. The van der Waals surface area contributed by atoms with Crippen LogP contribution in [0.1, 0.15) is 36.8 Å². The van der Waals surface area contributed by atoms with E-state index in [-0.39, 0.29) is 29.5 Å². The molecule has 6 aromatic rings. The van der Waals surface area contributed by atoms with Gasteiger partial charge < -0.3 is 25.8 Å². The third-order valence-electron chi connectivity index (χ3n) is 10.1. The minimum atomic E-state index is -0.154. The Bertz CT molecular complexity index is 2460. The second kappa shape index (κ2) is 14.7. The molecule has 4 N–H and O–H groups in total. The van der Waals surface area contributed by atoms with Crippen LogP contribution in [0.5, 0.6) is 0 Å². The number of benzene rings is 2. The zero-order chi connectivity index (χ0) is 36.6. The Hall–Kier alpha value is -5.07. The van der Waals surface area contributed by atoms with E-state index in [4.69, 9.17) is 28.2 Å². The SMILES string of the molecule is Cn1cc(CNCC2CCC(=O)N2)c2ccc(-c3cccc(-c4cccc(-c5ccn6c(=O)c(CNCC7CCC(=O)N7)cnc6c5)c4Cl)c3Cl)nc21. The van der Waals surface area contributed by atoms with E-state index in [0.29, 0.717) is 53.7 Å². The highest BCUT2D eigenvalue weighted by Crippen LogP contribution is 2.42. The van der Waals surface area contributed by atoms with E-state index in [1.54, 1.807) is 12.4 Å². The number of carbonyl (C=O) groups excluding carboxylic acids is 2. The van der Waals surface area contributed by atoms with Gasteiger partial charge in [0.15, 0.2) is 0 Å². The number of nitrogens with one attached hydrogen (secondary N) is 4. The van der Waals surface area contributed by atoms with Crippen molar-refractivity contribution in [2.24, 2.45) is 7.05 Å². The maximum absolute atomic E-state index is 13.3. The van der Waals surface area contributed by atoms with Gasteiger partial charge in [0, 0.05) is 110 Å². The third-order valence-corrected chi connectivity index (χ3v) is 11.0. The van der Waals surface area contributed by atoms with Crippen LogP contribution in [0, 0.1) is 0 Å². The second-order valence-corrected chi connectivity index (χ2v) is 14.5. The van der Waals surface area contributed by atoms with Crippen LogP contribution in [0.3, 0.4) is 0 Å². The number of fused-ring (bicyclic) bond motifs is 2. The number of rotatable bonds is 11. The molecule has 0 aliphatic carbocycles. The van der Waals surface area contributed by atoms with E-state index >= 15 is 0 Å². The van der Waals surface area contributed by atoms with Crippen molar-refractivity contribution in [2.75, 3.05) is 13.1 Å². The summed E-state index contributed by atoms with van der Waals surface area (Å²) < 4.78 is 3.55. The summed E-state index contributed by atoms with van der Waals surface area (Å²) in [6.45, 7) is 2.34. The molecule has 2 atom stereocenters. The predicted molar refractivity (Wildman–Crippen MR) is 208 cm³/mol. The van der Waals surface area contributed by atoms with Crippen LogP contribution in [0.15, 0.2) is 84.0 Å². The standard InChI is InChI=1S/C40H38Cl2N8O3/c1-49-22-25(18-44-21-27-9-13-36(52)47-27)29-10-11-33(48-39(29)49)32-7-3-6-31(38(32)42)30-5-2-4-28(37(30)41)23-14-15-50-34(16-23)45-19-24(40(50)53)17-43-20-26-8-12-35(51)46-26/h2-7,10-11,14-16,19,22,26-27,43-44H,8-9,12-13,17-18,20-21H2,1H3,(H,46,51)(H,47,52). The molecule has 53 heavy (non-hydrogen) atoms. The molecule has 8 rings (SSSR count). The molecule has 2 aliphatic heterocycles. The smallest absolute Gasteiger partial charge is 0.262 e. The molecule has 6 heterocycles. The Kier molecular flexibility index (Phi) is 9.74. The molecular formula is C40H38Cl2N8O3. The summed E-state index contributed by atoms with van der Waals surface area (Å²) in [5.74, 6) is 0.180. The summed E-state index contributed by atoms with van der Waals surface area (Å²) in [5, 5.41) is 14.8. The van der Waals surface area contributed by atoms with E-state index in [9.17, 15) is 14.4 Å². The van der Waals surface area contributed by atoms with Gasteiger partial charge in [-0.25, -0.2) is 9.97 Å². The van der Waals surface area contributed by atoms with Crippen LogP contribution in [0.25, 0.3) is 50.2 Å². The Balaban J connectivity index is 1.03. The molecule has 2 unspecified atom stereocenters. The summed E-state index contributed by atoms with van der Waals surface area (Å²) >= 11 is 14.3. The fraction of sp³-hybridized carbons (Fsp3) is 0.275. The highest BCUT2D eigenvalue weighted by molar-refractivity contribution is 6.39. The van der Waals surface area contributed by atoms with Gasteiger partial charge in [-0.1, -0.05) is 59.6 Å². The maximum Gasteiger partial charge on any atom is 0.262 e. The largest absolute Gasteiger partial charge is 0.352 e. The summed E-state index contributed by atoms with van der Waals surface area (Å²) in [7, 11) is 1.98. The van der Waals surface area contributed by atoms with Gasteiger partial charge in [-0.05, 0) is 48.2 Å². The molecule has 270 valence electrons. The van der Waals surface area contributed by atoms with Gasteiger partial charge in [-0.3, -0.25) is 18.8 Å². The molecule has 2 aliphatic rings. The maximum atomic E-state index is 13.3. The summed E-state index contributed by atoms with van der Waals surface area (Å²) in [6, 6.07) is 19.7. The van der Waals surface area contributed by atoms with Crippen molar-refractivity contribution in [3.05, 3.63) is 111 Å². The lowest BCUT2D eigenvalue weighted by atomic mass is 9.97. The van der Waals surface area contributed by atoms with Crippen molar-refractivity contribution in [2.45, 2.75) is 50.9 Å². The van der Waals surface area contributed by atoms with Crippen molar-refractivity contribution in [1.29, 1.82) is 0 Å². The molecule has 0 saturated carbocycles. The molecule has 2 amide bonds. The van der Waals surface area contributed by atoms with Crippen molar-refractivity contribution in [3.63, 3.8) is 0 Å². The Labute approximate surface area is 315 Å². The van der Waals surface area contributed by atoms with Gasteiger partial charge in [0.1, 0.15) is 11.3 Å². The average Bonchev–Trinajstić information content (AvgIpc) is 3.87. The number of carbonyl (C=O) groups is 2. The van der Waals surface area contributed by atoms with Crippen molar-refractivity contribution >= 4 is 51.7 Å². The minimum absolute atomic E-state index is 0.0637. The first-order valence-corrected chi connectivity index (χ1v) is 18.5. The van der Waals surface area contributed by atoms with Crippen molar-refractivity contribution in [3.8, 4) is 33.5 Å². The predicted octanol–water partition coefficient (Wildman–Crippen LogP) is 5.63. The van der Waals surface area contributed by atoms with Gasteiger partial charge in [-0.2, -0.15) is 0 Å². The molecule has 0 bridgehead atoms. The zero-order valence-electron chi connectivity index (χ0n) is 29.1. The fourth-order valence-corrected chi connectivity index (χ4v) is 8.01.